The maximum atomic E-state index is 3.24. The Hall–Kier alpha value is -1.80. The lowest BCUT2D eigenvalue weighted by Gasteiger charge is -2.24. The number of hydrogen-bond donors (Lipinski definition) is 1. The molecule has 2 heteroatoms. The first-order valence-electron chi connectivity index (χ1n) is 7.27. The first-order valence-corrected chi connectivity index (χ1v) is 7.27. The van der Waals surface area contributed by atoms with E-state index in [4.69, 9.17) is 0 Å². The highest BCUT2D eigenvalue weighted by Gasteiger charge is 2.08. The Labute approximate surface area is 122 Å². The average Bonchev–Trinajstić information content (AvgIpc) is 2.48. The fourth-order valence-corrected chi connectivity index (χ4v) is 2.42. The Morgan fingerprint density at radius 1 is 0.950 bits per heavy atom. The Bertz CT molecular complexity index is 531. The molecule has 0 aliphatic heterocycles. The first kappa shape index (κ1) is 14.6. The third-order valence-electron chi connectivity index (χ3n) is 3.63. The lowest BCUT2D eigenvalue weighted by Crippen LogP contribution is -2.23. The smallest absolute Gasteiger partial charge is 0.0432 e. The molecule has 0 aliphatic carbocycles. The number of nitrogens with one attached hydrogen (secondary N) is 1. The van der Waals surface area contributed by atoms with Crippen molar-refractivity contribution in [2.45, 2.75) is 26.9 Å². The second kappa shape index (κ2) is 7.11. The van der Waals surface area contributed by atoms with E-state index in [1.807, 2.05) is 7.05 Å². The molecule has 0 amide bonds. The van der Waals surface area contributed by atoms with Crippen molar-refractivity contribution in [2.75, 3.05) is 18.5 Å². The van der Waals surface area contributed by atoms with Crippen LogP contribution >= 0.6 is 0 Å². The predicted octanol–water partition coefficient (Wildman–Crippen LogP) is 3.74. The number of nitrogens with zero attached hydrogens (tertiary/aromatic N) is 1. The van der Waals surface area contributed by atoms with Gasteiger partial charge in [0.15, 0.2) is 0 Å². The third-order valence-corrected chi connectivity index (χ3v) is 3.63. The lowest BCUT2D eigenvalue weighted by molar-refractivity contribution is 0.778. The van der Waals surface area contributed by atoms with E-state index in [0.29, 0.717) is 0 Å². The number of aryl methyl sites for hydroxylation is 1. The van der Waals surface area contributed by atoms with Crippen molar-refractivity contribution in [3.8, 4) is 0 Å². The minimum atomic E-state index is 0.918. The summed E-state index contributed by atoms with van der Waals surface area (Å²) in [4.78, 5) is 2.41. The van der Waals surface area contributed by atoms with Crippen molar-refractivity contribution < 1.29 is 0 Å². The van der Waals surface area contributed by atoms with Crippen LogP contribution in [-0.2, 0) is 13.1 Å². The van der Waals surface area contributed by atoms with Crippen LogP contribution in [0.2, 0.25) is 0 Å². The van der Waals surface area contributed by atoms with Gasteiger partial charge in [-0.25, -0.2) is 0 Å². The standard InChI is InChI=1S/C18H24N2/c1-4-20(18-11-9-15(2)10-12-18)14-17-8-6-5-7-16(17)13-19-3/h5-12,19H,4,13-14H2,1-3H3. The normalized spacial score (nSPS) is 10.6. The summed E-state index contributed by atoms with van der Waals surface area (Å²) in [5, 5.41) is 3.24. The van der Waals surface area contributed by atoms with Gasteiger partial charge in [0.1, 0.15) is 0 Å². The Morgan fingerprint density at radius 2 is 1.60 bits per heavy atom. The third kappa shape index (κ3) is 3.61. The molecule has 2 nitrogen and oxygen atoms in total. The Morgan fingerprint density at radius 3 is 2.20 bits per heavy atom. The van der Waals surface area contributed by atoms with Crippen molar-refractivity contribution in [3.63, 3.8) is 0 Å². The van der Waals surface area contributed by atoms with Gasteiger partial charge in [-0.1, -0.05) is 42.0 Å². The van der Waals surface area contributed by atoms with Crippen LogP contribution in [0.4, 0.5) is 5.69 Å². The van der Waals surface area contributed by atoms with E-state index in [-0.39, 0.29) is 0 Å². The monoisotopic (exact) mass is 268 g/mol. The Balaban J connectivity index is 2.20. The van der Waals surface area contributed by atoms with Crippen molar-refractivity contribution >= 4 is 5.69 Å². The topological polar surface area (TPSA) is 15.3 Å². The summed E-state index contributed by atoms with van der Waals surface area (Å²) >= 11 is 0. The highest BCUT2D eigenvalue weighted by molar-refractivity contribution is 5.48. The van der Waals surface area contributed by atoms with Gasteiger partial charge in [-0.05, 0) is 44.2 Å². The molecule has 0 radical (unpaired) electrons. The average molecular weight is 268 g/mol. The summed E-state index contributed by atoms with van der Waals surface area (Å²) in [6.07, 6.45) is 0. The van der Waals surface area contributed by atoms with E-state index in [1.54, 1.807) is 0 Å². The van der Waals surface area contributed by atoms with Crippen molar-refractivity contribution in [1.29, 1.82) is 0 Å². The van der Waals surface area contributed by atoms with Crippen LogP contribution in [0, 0.1) is 6.92 Å². The van der Waals surface area contributed by atoms with Crippen LogP contribution < -0.4 is 10.2 Å². The molecule has 1 N–H and O–H groups in total. The molecule has 106 valence electrons. The molecular weight excluding hydrogens is 244 g/mol. The van der Waals surface area contributed by atoms with Crippen LogP contribution in [0.15, 0.2) is 48.5 Å². The number of hydrogen-bond acceptors (Lipinski definition) is 2. The van der Waals surface area contributed by atoms with E-state index < -0.39 is 0 Å². The van der Waals surface area contributed by atoms with Gasteiger partial charge in [0.25, 0.3) is 0 Å². The minimum absolute atomic E-state index is 0.918. The molecule has 0 saturated carbocycles. The van der Waals surface area contributed by atoms with E-state index in [2.05, 4.69) is 72.6 Å². The van der Waals surface area contributed by atoms with Gasteiger partial charge in [0, 0.05) is 25.3 Å². The fourth-order valence-electron chi connectivity index (χ4n) is 2.42. The maximum absolute atomic E-state index is 3.24. The quantitative estimate of drug-likeness (QED) is 0.858. The summed E-state index contributed by atoms with van der Waals surface area (Å²) < 4.78 is 0. The van der Waals surface area contributed by atoms with E-state index >= 15 is 0 Å². The summed E-state index contributed by atoms with van der Waals surface area (Å²) in [7, 11) is 1.99. The van der Waals surface area contributed by atoms with Gasteiger partial charge >= 0.3 is 0 Å². The molecular formula is C18H24N2. The van der Waals surface area contributed by atoms with Gasteiger partial charge in [0.05, 0.1) is 0 Å². The van der Waals surface area contributed by atoms with Crippen molar-refractivity contribution in [2.24, 2.45) is 0 Å². The highest BCUT2D eigenvalue weighted by Crippen LogP contribution is 2.19. The van der Waals surface area contributed by atoms with E-state index in [1.165, 1.54) is 22.4 Å². The second-order valence-electron chi connectivity index (χ2n) is 5.15. The molecule has 0 spiro atoms. The maximum Gasteiger partial charge on any atom is 0.0432 e. The molecule has 2 rings (SSSR count). The van der Waals surface area contributed by atoms with Crippen LogP contribution in [0.1, 0.15) is 23.6 Å². The molecule has 0 aliphatic rings. The number of benzene rings is 2. The molecule has 2 aromatic carbocycles. The lowest BCUT2D eigenvalue weighted by atomic mass is 10.1. The highest BCUT2D eigenvalue weighted by atomic mass is 15.1. The molecule has 20 heavy (non-hydrogen) atoms. The van der Waals surface area contributed by atoms with Gasteiger partial charge in [-0.2, -0.15) is 0 Å². The van der Waals surface area contributed by atoms with E-state index in [0.717, 1.165) is 19.6 Å². The first-order chi connectivity index (χ1) is 9.74. The molecule has 0 bridgehead atoms. The molecule has 0 unspecified atom stereocenters. The zero-order valence-corrected chi connectivity index (χ0v) is 12.7. The zero-order valence-electron chi connectivity index (χ0n) is 12.7. The molecule has 0 heterocycles. The fraction of sp³-hybridized carbons (Fsp3) is 0.333. The second-order valence-corrected chi connectivity index (χ2v) is 5.15. The molecule has 0 saturated heterocycles. The number of rotatable bonds is 6. The van der Waals surface area contributed by atoms with E-state index in [9.17, 15) is 0 Å². The van der Waals surface area contributed by atoms with Crippen molar-refractivity contribution in [3.05, 3.63) is 65.2 Å². The summed E-state index contributed by atoms with van der Waals surface area (Å²) in [5.74, 6) is 0. The van der Waals surface area contributed by atoms with Gasteiger partial charge < -0.3 is 10.2 Å². The van der Waals surface area contributed by atoms with Gasteiger partial charge in [-0.15, -0.1) is 0 Å². The largest absolute Gasteiger partial charge is 0.367 e. The summed E-state index contributed by atoms with van der Waals surface area (Å²) in [6, 6.07) is 17.4. The minimum Gasteiger partial charge on any atom is -0.367 e. The molecule has 0 fully saturated rings. The van der Waals surface area contributed by atoms with Gasteiger partial charge in [0.2, 0.25) is 0 Å². The molecule has 0 atom stereocenters. The van der Waals surface area contributed by atoms with Crippen LogP contribution in [0.5, 0.6) is 0 Å². The molecule has 0 aromatic heterocycles. The number of anilines is 1. The SMILES string of the molecule is CCN(Cc1ccccc1CNC)c1ccc(C)cc1. The van der Waals surface area contributed by atoms with Crippen LogP contribution in [0.25, 0.3) is 0 Å². The van der Waals surface area contributed by atoms with Crippen molar-refractivity contribution in [1.82, 2.24) is 5.32 Å². The molecule has 2 aromatic rings. The zero-order chi connectivity index (χ0) is 14.4. The predicted molar refractivity (Wildman–Crippen MR) is 87.1 cm³/mol. The summed E-state index contributed by atoms with van der Waals surface area (Å²) in [6.45, 7) is 7.22. The Kier molecular flexibility index (Phi) is 5.19. The summed E-state index contributed by atoms with van der Waals surface area (Å²) in [5.41, 5.74) is 5.36. The van der Waals surface area contributed by atoms with Crippen LogP contribution in [-0.4, -0.2) is 13.6 Å². The van der Waals surface area contributed by atoms with Crippen LogP contribution in [0.3, 0.4) is 0 Å². The van der Waals surface area contributed by atoms with Gasteiger partial charge in [-0.3, -0.25) is 0 Å².